The second-order valence-electron chi connectivity index (χ2n) is 5.95. The van der Waals surface area contributed by atoms with Gasteiger partial charge in [0.15, 0.2) is 5.82 Å². The van der Waals surface area contributed by atoms with Crippen LogP contribution in [0.3, 0.4) is 0 Å². The summed E-state index contributed by atoms with van der Waals surface area (Å²) in [7, 11) is 1.54. The molecule has 0 atom stereocenters. The van der Waals surface area contributed by atoms with Gasteiger partial charge in [-0.3, -0.25) is 0 Å². The van der Waals surface area contributed by atoms with Crippen molar-refractivity contribution in [2.75, 3.05) is 11.9 Å². The van der Waals surface area contributed by atoms with Crippen LogP contribution < -0.4 is 9.64 Å². The minimum Gasteiger partial charge on any atom is -0.460 e. The van der Waals surface area contributed by atoms with Crippen LogP contribution in [0, 0.1) is 0 Å². The maximum atomic E-state index is 13.4. The van der Waals surface area contributed by atoms with Crippen molar-refractivity contribution >= 4 is 27.4 Å². The van der Waals surface area contributed by atoms with E-state index in [9.17, 15) is 13.2 Å². The average Bonchev–Trinajstić information content (AvgIpc) is 3.07. The Bertz CT molecular complexity index is 731. The van der Waals surface area contributed by atoms with Crippen LogP contribution in [0.2, 0.25) is 0 Å². The van der Waals surface area contributed by atoms with Gasteiger partial charge in [0.05, 0.1) is 0 Å². The van der Waals surface area contributed by atoms with Crippen LogP contribution in [0.5, 0.6) is 6.01 Å². The predicted molar refractivity (Wildman–Crippen MR) is 92.1 cm³/mol. The number of alkyl halides is 3. The Kier molecular flexibility index (Phi) is 5.17. The van der Waals surface area contributed by atoms with Crippen LogP contribution >= 0.6 is 15.9 Å². The highest BCUT2D eigenvalue weighted by Gasteiger charge is 2.37. The predicted octanol–water partition coefficient (Wildman–Crippen LogP) is 5.35. The first-order chi connectivity index (χ1) is 11.8. The van der Waals surface area contributed by atoms with Crippen molar-refractivity contribution in [3.63, 3.8) is 0 Å². The number of nitrogens with zero attached hydrogens (tertiary/aromatic N) is 3. The van der Waals surface area contributed by atoms with Gasteiger partial charge in [-0.15, -0.1) is 0 Å². The Hall–Kier alpha value is -1.83. The summed E-state index contributed by atoms with van der Waals surface area (Å²) in [5.41, 5.74) is -0.309. The lowest BCUT2D eigenvalue weighted by molar-refractivity contribution is -0.137. The van der Waals surface area contributed by atoms with Crippen molar-refractivity contribution in [1.82, 2.24) is 9.97 Å². The molecular weight excluding hydrogens is 399 g/mol. The van der Waals surface area contributed by atoms with Crippen LogP contribution in [0.25, 0.3) is 0 Å². The minimum absolute atomic E-state index is 0.0149. The van der Waals surface area contributed by atoms with Gasteiger partial charge < -0.3 is 9.64 Å². The molecule has 25 heavy (non-hydrogen) atoms. The van der Waals surface area contributed by atoms with E-state index in [1.165, 1.54) is 4.90 Å². The van der Waals surface area contributed by atoms with Gasteiger partial charge in [-0.05, 0) is 49.9 Å². The van der Waals surface area contributed by atoms with Crippen LogP contribution in [-0.2, 0) is 6.18 Å². The van der Waals surface area contributed by atoms with Crippen molar-refractivity contribution in [3.05, 3.63) is 40.5 Å². The topological polar surface area (TPSA) is 38.2 Å². The average molecular weight is 416 g/mol. The van der Waals surface area contributed by atoms with E-state index in [4.69, 9.17) is 4.74 Å². The highest BCUT2D eigenvalue weighted by Crippen LogP contribution is 2.38. The van der Waals surface area contributed by atoms with Crippen LogP contribution in [0.4, 0.5) is 24.7 Å². The third-order valence-corrected chi connectivity index (χ3v) is 4.69. The molecule has 2 aromatic rings. The summed E-state index contributed by atoms with van der Waals surface area (Å²) >= 11 is 3.31. The standard InChI is InChI=1S/C17H17BrF3N3O/c1-24(12-8-6-11(18)7-9-12)15-14(17(19,20)21)10-22-16(23-15)25-13-4-2-3-5-13/h6-10,13H,2-5H2,1H3. The lowest BCUT2D eigenvalue weighted by Crippen LogP contribution is -2.20. The van der Waals surface area contributed by atoms with Crippen LogP contribution in [0.1, 0.15) is 31.2 Å². The molecular formula is C17H17BrF3N3O. The Morgan fingerprint density at radius 3 is 2.40 bits per heavy atom. The highest BCUT2D eigenvalue weighted by atomic mass is 79.9. The van der Waals surface area contributed by atoms with Gasteiger partial charge >= 0.3 is 12.2 Å². The number of rotatable bonds is 4. The summed E-state index contributed by atoms with van der Waals surface area (Å²) in [6.07, 6.45) is 0.0770. The maximum Gasteiger partial charge on any atom is 0.421 e. The van der Waals surface area contributed by atoms with Gasteiger partial charge in [0.2, 0.25) is 0 Å². The molecule has 1 aromatic heterocycles. The van der Waals surface area contributed by atoms with E-state index in [-0.39, 0.29) is 17.9 Å². The first-order valence-electron chi connectivity index (χ1n) is 7.95. The summed E-state index contributed by atoms with van der Waals surface area (Å²) in [5, 5.41) is 0. The number of hydrogen-bond acceptors (Lipinski definition) is 4. The normalized spacial score (nSPS) is 15.4. The van der Waals surface area contributed by atoms with Gasteiger partial charge in [0.25, 0.3) is 0 Å². The Morgan fingerprint density at radius 1 is 1.16 bits per heavy atom. The maximum absolute atomic E-state index is 13.4. The van der Waals surface area contributed by atoms with E-state index in [1.807, 2.05) is 0 Å². The molecule has 0 radical (unpaired) electrons. The van der Waals surface area contributed by atoms with Gasteiger partial charge in [-0.2, -0.15) is 18.2 Å². The molecule has 1 aliphatic carbocycles. The molecule has 1 aliphatic rings. The van der Waals surface area contributed by atoms with Crippen LogP contribution in [0.15, 0.2) is 34.9 Å². The van der Waals surface area contributed by atoms with Crippen molar-refractivity contribution < 1.29 is 17.9 Å². The van der Waals surface area contributed by atoms with E-state index < -0.39 is 11.7 Å². The smallest absolute Gasteiger partial charge is 0.421 e. The Morgan fingerprint density at radius 2 is 1.80 bits per heavy atom. The van der Waals surface area contributed by atoms with Crippen molar-refractivity contribution in [3.8, 4) is 6.01 Å². The van der Waals surface area contributed by atoms with E-state index in [0.717, 1.165) is 36.4 Å². The largest absolute Gasteiger partial charge is 0.460 e. The molecule has 8 heteroatoms. The number of halogens is 4. The van der Waals surface area contributed by atoms with Gasteiger partial charge in [-0.1, -0.05) is 15.9 Å². The third kappa shape index (κ3) is 4.23. The summed E-state index contributed by atoms with van der Waals surface area (Å²) in [5.74, 6) is -0.224. The highest BCUT2D eigenvalue weighted by molar-refractivity contribution is 9.10. The minimum atomic E-state index is -4.55. The number of benzene rings is 1. The second-order valence-corrected chi connectivity index (χ2v) is 6.86. The molecule has 1 heterocycles. The molecule has 1 fully saturated rings. The van der Waals surface area contributed by atoms with Gasteiger partial charge in [-0.25, -0.2) is 4.98 Å². The summed E-state index contributed by atoms with van der Waals surface area (Å²) in [6.45, 7) is 0. The van der Waals surface area contributed by atoms with Crippen LogP contribution in [-0.4, -0.2) is 23.1 Å². The van der Waals surface area contributed by atoms with Gasteiger partial charge in [0, 0.05) is 23.4 Å². The second kappa shape index (κ2) is 7.19. The van der Waals surface area contributed by atoms with E-state index >= 15 is 0 Å². The molecule has 0 saturated heterocycles. The number of aromatic nitrogens is 2. The number of ether oxygens (including phenoxy) is 1. The molecule has 134 valence electrons. The summed E-state index contributed by atoms with van der Waals surface area (Å²) in [4.78, 5) is 9.22. The Labute approximate surface area is 152 Å². The zero-order valence-corrected chi connectivity index (χ0v) is 15.1. The fourth-order valence-electron chi connectivity index (χ4n) is 2.81. The molecule has 0 unspecified atom stereocenters. The summed E-state index contributed by atoms with van der Waals surface area (Å²) < 4.78 is 46.6. The van der Waals surface area contributed by atoms with Crippen molar-refractivity contribution in [2.24, 2.45) is 0 Å². The summed E-state index contributed by atoms with van der Waals surface area (Å²) in [6, 6.07) is 6.93. The van der Waals surface area contributed by atoms with Crippen molar-refractivity contribution in [2.45, 2.75) is 38.0 Å². The monoisotopic (exact) mass is 415 g/mol. The van der Waals surface area contributed by atoms with Gasteiger partial charge in [0.1, 0.15) is 11.7 Å². The zero-order chi connectivity index (χ0) is 18.0. The van der Waals surface area contributed by atoms with Crippen molar-refractivity contribution in [1.29, 1.82) is 0 Å². The molecule has 0 bridgehead atoms. The first kappa shape index (κ1) is 18.0. The third-order valence-electron chi connectivity index (χ3n) is 4.16. The van der Waals surface area contributed by atoms with E-state index in [1.54, 1.807) is 31.3 Å². The lowest BCUT2D eigenvalue weighted by atomic mass is 10.2. The molecule has 0 aliphatic heterocycles. The zero-order valence-electron chi connectivity index (χ0n) is 13.6. The fourth-order valence-corrected chi connectivity index (χ4v) is 3.08. The van der Waals surface area contributed by atoms with E-state index in [2.05, 4.69) is 25.9 Å². The molecule has 4 nitrogen and oxygen atoms in total. The molecule has 0 N–H and O–H groups in total. The molecule has 3 rings (SSSR count). The SMILES string of the molecule is CN(c1ccc(Br)cc1)c1nc(OC2CCCC2)ncc1C(F)(F)F. The fraction of sp³-hybridized carbons (Fsp3) is 0.412. The first-order valence-corrected chi connectivity index (χ1v) is 8.74. The molecule has 0 amide bonds. The number of anilines is 2. The van der Waals surface area contributed by atoms with E-state index in [0.29, 0.717) is 5.69 Å². The number of hydrogen-bond donors (Lipinski definition) is 0. The Balaban J connectivity index is 1.96. The lowest BCUT2D eigenvalue weighted by Gasteiger charge is -2.23. The molecule has 0 spiro atoms. The molecule has 1 saturated carbocycles. The molecule has 1 aromatic carbocycles. The quantitative estimate of drug-likeness (QED) is 0.674.